The molecular weight excluding hydrogens is 288 g/mol. The summed E-state index contributed by atoms with van der Waals surface area (Å²) in [6.45, 7) is 6.27. The monoisotopic (exact) mass is 312 g/mol. The Morgan fingerprint density at radius 3 is 2.30 bits per heavy atom. The fraction of sp³-hybridized carbons (Fsp3) is 0.350. The minimum Gasteiger partial charge on any atom is -0.507 e. The second kappa shape index (κ2) is 7.82. The van der Waals surface area contributed by atoms with Crippen LogP contribution in [0.4, 0.5) is 0 Å². The molecule has 2 rings (SSSR count). The van der Waals surface area contributed by atoms with Crippen LogP contribution in [0, 0.1) is 20.8 Å². The van der Waals surface area contributed by atoms with E-state index in [1.54, 1.807) is 12.1 Å². The van der Waals surface area contributed by atoms with E-state index in [0.29, 0.717) is 18.6 Å². The molecule has 0 aromatic heterocycles. The molecule has 1 N–H and O–H groups in total. The summed E-state index contributed by atoms with van der Waals surface area (Å²) in [7, 11) is 0. The van der Waals surface area contributed by atoms with Gasteiger partial charge in [0, 0.05) is 12.0 Å². The van der Waals surface area contributed by atoms with Gasteiger partial charge in [-0.1, -0.05) is 18.2 Å². The topological polar surface area (TPSA) is 46.5 Å². The average molecular weight is 312 g/mol. The van der Waals surface area contributed by atoms with Crippen molar-refractivity contribution in [1.82, 2.24) is 0 Å². The van der Waals surface area contributed by atoms with E-state index in [0.717, 1.165) is 35.3 Å². The summed E-state index contributed by atoms with van der Waals surface area (Å²) in [6, 6.07) is 11.4. The summed E-state index contributed by atoms with van der Waals surface area (Å²) in [5.74, 6) is 1.30. The molecule has 0 atom stereocenters. The van der Waals surface area contributed by atoms with Gasteiger partial charge in [0.15, 0.2) is 5.78 Å². The number of phenols is 1. The van der Waals surface area contributed by atoms with Gasteiger partial charge >= 0.3 is 0 Å². The summed E-state index contributed by atoms with van der Waals surface area (Å²) in [4.78, 5) is 12.2. The van der Waals surface area contributed by atoms with Crippen molar-refractivity contribution < 1.29 is 14.6 Å². The summed E-state index contributed by atoms with van der Waals surface area (Å²) in [5, 5.41) is 9.76. The van der Waals surface area contributed by atoms with E-state index in [2.05, 4.69) is 0 Å². The van der Waals surface area contributed by atoms with Crippen molar-refractivity contribution in [3.63, 3.8) is 0 Å². The quantitative estimate of drug-likeness (QED) is 0.593. The van der Waals surface area contributed by atoms with E-state index in [1.165, 1.54) is 0 Å². The molecule has 2 aromatic rings. The summed E-state index contributed by atoms with van der Waals surface area (Å²) >= 11 is 0. The summed E-state index contributed by atoms with van der Waals surface area (Å²) in [5.41, 5.74) is 3.30. The molecule has 0 amide bonds. The zero-order chi connectivity index (χ0) is 16.8. The van der Waals surface area contributed by atoms with Gasteiger partial charge in [0.1, 0.15) is 11.5 Å². The minimum atomic E-state index is 0.118. The number of ketones is 1. The first-order chi connectivity index (χ1) is 11.0. The van der Waals surface area contributed by atoms with Gasteiger partial charge in [0.2, 0.25) is 0 Å². The molecule has 0 spiro atoms. The third kappa shape index (κ3) is 4.59. The lowest BCUT2D eigenvalue weighted by atomic mass is 10.00. The molecule has 0 heterocycles. The Bertz CT molecular complexity index is 666. The van der Waals surface area contributed by atoms with Gasteiger partial charge in [-0.2, -0.15) is 0 Å². The molecular formula is C20H24O3. The van der Waals surface area contributed by atoms with Crippen LogP contribution >= 0.6 is 0 Å². The number of rotatable bonds is 7. The first kappa shape index (κ1) is 17.1. The van der Waals surface area contributed by atoms with Gasteiger partial charge in [-0.3, -0.25) is 4.79 Å². The van der Waals surface area contributed by atoms with Crippen molar-refractivity contribution in [2.24, 2.45) is 0 Å². The van der Waals surface area contributed by atoms with E-state index in [4.69, 9.17) is 4.74 Å². The van der Waals surface area contributed by atoms with Crippen LogP contribution in [-0.4, -0.2) is 17.5 Å². The predicted octanol–water partition coefficient (Wildman–Crippen LogP) is 4.75. The zero-order valence-corrected chi connectivity index (χ0v) is 14.1. The van der Waals surface area contributed by atoms with Gasteiger partial charge in [0.25, 0.3) is 0 Å². The number of hydrogen-bond acceptors (Lipinski definition) is 3. The predicted molar refractivity (Wildman–Crippen MR) is 92.4 cm³/mol. The third-order valence-electron chi connectivity index (χ3n) is 3.96. The molecule has 0 bridgehead atoms. The normalized spacial score (nSPS) is 10.6. The number of aryl methyl sites for hydroxylation is 3. The molecule has 122 valence electrons. The lowest BCUT2D eigenvalue weighted by molar-refractivity contribution is 0.0977. The number of hydrogen-bond donors (Lipinski definition) is 1. The van der Waals surface area contributed by atoms with Crippen molar-refractivity contribution >= 4 is 5.78 Å². The number of carbonyl (C=O) groups excluding carboxylic acids is 1. The highest BCUT2D eigenvalue weighted by atomic mass is 16.5. The lowest BCUT2D eigenvalue weighted by Crippen LogP contribution is -2.03. The Morgan fingerprint density at radius 2 is 1.65 bits per heavy atom. The first-order valence-corrected chi connectivity index (χ1v) is 8.01. The van der Waals surface area contributed by atoms with Crippen LogP contribution in [0.5, 0.6) is 11.5 Å². The number of benzene rings is 2. The van der Waals surface area contributed by atoms with Gasteiger partial charge in [-0.15, -0.1) is 0 Å². The smallest absolute Gasteiger partial charge is 0.162 e. The van der Waals surface area contributed by atoms with Crippen molar-refractivity contribution in [2.45, 2.75) is 40.0 Å². The number of ether oxygens (including phenoxy) is 1. The molecule has 0 unspecified atom stereocenters. The van der Waals surface area contributed by atoms with Crippen LogP contribution < -0.4 is 4.74 Å². The Morgan fingerprint density at radius 1 is 1.00 bits per heavy atom. The molecule has 2 aromatic carbocycles. The largest absolute Gasteiger partial charge is 0.507 e. The van der Waals surface area contributed by atoms with Crippen molar-refractivity contribution in [1.29, 1.82) is 0 Å². The number of para-hydroxylation sites is 1. The zero-order valence-electron chi connectivity index (χ0n) is 14.1. The van der Waals surface area contributed by atoms with Gasteiger partial charge < -0.3 is 9.84 Å². The van der Waals surface area contributed by atoms with E-state index in [9.17, 15) is 9.90 Å². The fourth-order valence-corrected chi connectivity index (χ4v) is 2.55. The molecule has 0 aliphatic heterocycles. The fourth-order valence-electron chi connectivity index (χ4n) is 2.55. The number of aromatic hydroxyl groups is 1. The minimum absolute atomic E-state index is 0.118. The number of unbranched alkanes of at least 4 members (excludes halogenated alkanes) is 1. The molecule has 0 aliphatic carbocycles. The number of carbonyl (C=O) groups is 1. The van der Waals surface area contributed by atoms with Crippen molar-refractivity contribution in [2.75, 3.05) is 6.61 Å². The van der Waals surface area contributed by atoms with Crippen LogP contribution in [0.25, 0.3) is 0 Å². The molecule has 0 saturated carbocycles. The highest BCUT2D eigenvalue weighted by Crippen LogP contribution is 2.24. The van der Waals surface area contributed by atoms with Gasteiger partial charge in [0.05, 0.1) is 6.61 Å². The average Bonchev–Trinajstić information content (AvgIpc) is 2.53. The van der Waals surface area contributed by atoms with Crippen molar-refractivity contribution in [3.05, 3.63) is 58.7 Å². The standard InChI is InChI=1S/C20H24O3/c1-14-8-4-5-10-19(14)23-11-7-6-9-18(21)17-12-15(2)20(22)16(3)13-17/h4-5,8,10,12-13,22H,6-7,9,11H2,1-3H3. The Labute approximate surface area is 137 Å². The summed E-state index contributed by atoms with van der Waals surface area (Å²) in [6.07, 6.45) is 2.14. The molecule has 0 fully saturated rings. The van der Waals surface area contributed by atoms with Gasteiger partial charge in [-0.25, -0.2) is 0 Å². The maximum Gasteiger partial charge on any atom is 0.162 e. The maximum absolute atomic E-state index is 12.2. The van der Waals surface area contributed by atoms with E-state index < -0.39 is 0 Å². The number of phenolic OH excluding ortho intramolecular Hbond substituents is 1. The van der Waals surface area contributed by atoms with Crippen LogP contribution in [0.2, 0.25) is 0 Å². The molecule has 3 nitrogen and oxygen atoms in total. The second-order valence-electron chi connectivity index (χ2n) is 5.95. The Hall–Kier alpha value is -2.29. The van der Waals surface area contributed by atoms with Crippen molar-refractivity contribution in [3.8, 4) is 11.5 Å². The maximum atomic E-state index is 12.2. The molecule has 3 heteroatoms. The first-order valence-electron chi connectivity index (χ1n) is 8.01. The lowest BCUT2D eigenvalue weighted by Gasteiger charge is -2.09. The van der Waals surface area contributed by atoms with Crippen LogP contribution in [0.15, 0.2) is 36.4 Å². The molecule has 0 radical (unpaired) electrons. The molecule has 23 heavy (non-hydrogen) atoms. The molecule has 0 saturated heterocycles. The second-order valence-corrected chi connectivity index (χ2v) is 5.95. The van der Waals surface area contributed by atoms with Crippen LogP contribution in [-0.2, 0) is 0 Å². The van der Waals surface area contributed by atoms with Gasteiger partial charge in [-0.05, 0) is 68.5 Å². The van der Waals surface area contributed by atoms with E-state index in [1.807, 2.05) is 45.0 Å². The summed E-state index contributed by atoms with van der Waals surface area (Å²) < 4.78 is 5.73. The van der Waals surface area contributed by atoms with Crippen LogP contribution in [0.3, 0.4) is 0 Å². The SMILES string of the molecule is Cc1ccccc1OCCCCC(=O)c1cc(C)c(O)c(C)c1. The number of Topliss-reactive ketones (excluding diaryl/α,β-unsaturated/α-hetero) is 1. The van der Waals surface area contributed by atoms with E-state index >= 15 is 0 Å². The Kier molecular flexibility index (Phi) is 5.80. The highest BCUT2D eigenvalue weighted by molar-refractivity contribution is 5.96. The highest BCUT2D eigenvalue weighted by Gasteiger charge is 2.10. The third-order valence-corrected chi connectivity index (χ3v) is 3.96. The Balaban J connectivity index is 1.78. The van der Waals surface area contributed by atoms with E-state index in [-0.39, 0.29) is 11.5 Å². The molecule has 0 aliphatic rings. The van der Waals surface area contributed by atoms with Crippen LogP contribution in [0.1, 0.15) is 46.3 Å².